The number of aromatic nitrogens is 1. The number of ether oxygens (including phenoxy) is 1. The third kappa shape index (κ3) is 3.20. The van der Waals surface area contributed by atoms with Gasteiger partial charge in [0.05, 0.1) is 30.0 Å². The van der Waals surface area contributed by atoms with Crippen LogP contribution >= 0.6 is 0 Å². The monoisotopic (exact) mass is 252 g/mol. The van der Waals surface area contributed by atoms with Crippen LogP contribution in [0.25, 0.3) is 0 Å². The van der Waals surface area contributed by atoms with Crippen LogP contribution < -0.4 is 5.32 Å². The average Bonchev–Trinajstić information content (AvgIpc) is 2.27. The molecule has 0 spiro atoms. The lowest BCUT2D eigenvalue weighted by Crippen LogP contribution is -2.42. The van der Waals surface area contributed by atoms with Crippen LogP contribution in [0.5, 0.6) is 0 Å². The third-order valence-electron chi connectivity index (χ3n) is 2.99. The summed E-state index contributed by atoms with van der Waals surface area (Å²) in [5.74, 6) is 0.215. The smallest absolute Gasteiger partial charge is 0.339 e. The molecule has 0 aliphatic rings. The number of aryl methyl sites for hydroxylation is 1. The first-order valence-corrected chi connectivity index (χ1v) is 5.80. The Bertz CT molecular complexity index is 442. The Labute approximate surface area is 107 Å². The molecule has 1 heterocycles. The molecule has 0 radical (unpaired) electrons. The van der Waals surface area contributed by atoms with Crippen LogP contribution in [0.4, 0.5) is 5.82 Å². The molecule has 0 saturated heterocycles. The zero-order valence-corrected chi connectivity index (χ0v) is 11.4. The van der Waals surface area contributed by atoms with E-state index in [-0.39, 0.29) is 0 Å². The Morgan fingerprint density at radius 2 is 2.11 bits per heavy atom. The number of hydrogen-bond acceptors (Lipinski definition) is 5. The second-order valence-corrected chi connectivity index (χ2v) is 4.84. The van der Waals surface area contributed by atoms with Gasteiger partial charge in [0, 0.05) is 0 Å². The number of pyridine rings is 1. The lowest BCUT2D eigenvalue weighted by molar-refractivity contribution is 0.0599. The van der Waals surface area contributed by atoms with Gasteiger partial charge in [0.1, 0.15) is 5.82 Å². The Kier molecular flexibility index (Phi) is 4.29. The molecular weight excluding hydrogens is 232 g/mol. The molecule has 0 amide bonds. The zero-order valence-electron chi connectivity index (χ0n) is 11.4. The molecule has 0 saturated carbocycles. The number of anilines is 1. The molecule has 1 aromatic rings. The highest BCUT2D eigenvalue weighted by Gasteiger charge is 2.24. The fourth-order valence-electron chi connectivity index (χ4n) is 1.39. The molecule has 5 heteroatoms. The summed E-state index contributed by atoms with van der Waals surface area (Å²) in [6.45, 7) is 7.21. The van der Waals surface area contributed by atoms with Crippen molar-refractivity contribution in [1.82, 2.24) is 4.98 Å². The molecule has 0 fully saturated rings. The number of nitrogens with zero attached hydrogens (tertiary/aromatic N) is 1. The van der Waals surface area contributed by atoms with E-state index in [2.05, 4.69) is 15.0 Å². The molecular formula is C13H20N2O3. The van der Waals surface area contributed by atoms with Crippen molar-refractivity contribution >= 4 is 11.8 Å². The Morgan fingerprint density at radius 3 is 2.56 bits per heavy atom. The Balaban J connectivity index is 2.95. The van der Waals surface area contributed by atoms with Gasteiger partial charge in [-0.25, -0.2) is 9.78 Å². The minimum atomic E-state index is -0.528. The van der Waals surface area contributed by atoms with Crippen molar-refractivity contribution in [1.29, 1.82) is 0 Å². The first-order valence-electron chi connectivity index (χ1n) is 5.80. The van der Waals surface area contributed by atoms with E-state index < -0.39 is 17.6 Å². The van der Waals surface area contributed by atoms with Crippen molar-refractivity contribution in [3.8, 4) is 0 Å². The summed E-state index contributed by atoms with van der Waals surface area (Å²) in [7, 11) is 1.34. The van der Waals surface area contributed by atoms with E-state index in [4.69, 9.17) is 0 Å². The van der Waals surface area contributed by atoms with Crippen LogP contribution in [0.1, 0.15) is 36.8 Å². The lowest BCUT2D eigenvalue weighted by atomic mass is 9.99. The number of methoxy groups -OCH3 is 1. The Morgan fingerprint density at radius 1 is 1.50 bits per heavy atom. The summed E-state index contributed by atoms with van der Waals surface area (Å²) >= 11 is 0. The molecule has 5 nitrogen and oxygen atoms in total. The van der Waals surface area contributed by atoms with E-state index in [1.807, 2.05) is 13.8 Å². The Hall–Kier alpha value is -1.62. The molecule has 100 valence electrons. The maximum absolute atomic E-state index is 11.4. The topological polar surface area (TPSA) is 71.5 Å². The van der Waals surface area contributed by atoms with Gasteiger partial charge in [-0.3, -0.25) is 0 Å². The van der Waals surface area contributed by atoms with Crippen molar-refractivity contribution in [2.75, 3.05) is 12.4 Å². The van der Waals surface area contributed by atoms with E-state index >= 15 is 0 Å². The quantitative estimate of drug-likeness (QED) is 0.799. The van der Waals surface area contributed by atoms with Crippen molar-refractivity contribution in [3.05, 3.63) is 23.4 Å². The fourth-order valence-corrected chi connectivity index (χ4v) is 1.39. The fraction of sp³-hybridized carbons (Fsp3) is 0.538. The predicted molar refractivity (Wildman–Crippen MR) is 69.7 cm³/mol. The zero-order chi connectivity index (χ0) is 13.9. The number of aliphatic hydroxyl groups excluding tert-OH is 1. The summed E-state index contributed by atoms with van der Waals surface area (Å²) in [6, 6.07) is 3.36. The largest absolute Gasteiger partial charge is 0.465 e. The second kappa shape index (κ2) is 5.35. The number of nitrogens with one attached hydrogen (secondary N) is 1. The molecule has 1 atom stereocenters. The number of aliphatic hydroxyl groups is 1. The molecule has 2 N–H and O–H groups in total. The van der Waals surface area contributed by atoms with Gasteiger partial charge in [-0.05, 0) is 39.8 Å². The molecule has 0 bridgehead atoms. The molecule has 0 aromatic carbocycles. The number of carbonyl (C=O) groups is 1. The second-order valence-electron chi connectivity index (χ2n) is 4.84. The highest BCUT2D eigenvalue weighted by molar-refractivity contribution is 5.90. The van der Waals surface area contributed by atoms with E-state index in [1.165, 1.54) is 7.11 Å². The van der Waals surface area contributed by atoms with Gasteiger partial charge in [-0.15, -0.1) is 0 Å². The van der Waals surface area contributed by atoms with Crippen molar-refractivity contribution in [3.63, 3.8) is 0 Å². The summed E-state index contributed by atoms with van der Waals surface area (Å²) in [6.07, 6.45) is -0.528. The lowest BCUT2D eigenvalue weighted by Gasteiger charge is -2.30. The van der Waals surface area contributed by atoms with Crippen LogP contribution in [-0.4, -0.2) is 34.8 Å². The van der Waals surface area contributed by atoms with Crippen molar-refractivity contribution in [2.45, 2.75) is 39.3 Å². The van der Waals surface area contributed by atoms with Crippen molar-refractivity contribution < 1.29 is 14.6 Å². The van der Waals surface area contributed by atoms with E-state index in [0.29, 0.717) is 17.1 Å². The molecule has 0 aliphatic heterocycles. The van der Waals surface area contributed by atoms with Crippen LogP contribution in [0.15, 0.2) is 12.1 Å². The molecule has 1 aromatic heterocycles. The van der Waals surface area contributed by atoms with Gasteiger partial charge >= 0.3 is 5.97 Å². The van der Waals surface area contributed by atoms with Crippen LogP contribution in [0.3, 0.4) is 0 Å². The van der Waals surface area contributed by atoms with Gasteiger partial charge in [-0.2, -0.15) is 0 Å². The summed E-state index contributed by atoms with van der Waals surface area (Å²) in [4.78, 5) is 15.7. The number of carbonyl (C=O) groups excluding carboxylic acids is 1. The van der Waals surface area contributed by atoms with E-state index in [1.54, 1.807) is 26.0 Å². The molecule has 1 rings (SSSR count). The summed E-state index contributed by atoms with van der Waals surface area (Å²) < 4.78 is 4.66. The molecule has 0 aliphatic carbocycles. The first kappa shape index (κ1) is 14.4. The summed E-state index contributed by atoms with van der Waals surface area (Å²) in [5, 5.41) is 12.8. The number of hydrogen-bond donors (Lipinski definition) is 2. The van der Waals surface area contributed by atoms with Gasteiger partial charge in [0.2, 0.25) is 0 Å². The maximum atomic E-state index is 11.4. The van der Waals surface area contributed by atoms with Crippen molar-refractivity contribution in [2.24, 2.45) is 0 Å². The molecule has 18 heavy (non-hydrogen) atoms. The van der Waals surface area contributed by atoms with Gasteiger partial charge in [0.25, 0.3) is 0 Å². The maximum Gasteiger partial charge on any atom is 0.339 e. The normalized spacial score (nSPS) is 13.0. The molecule has 1 unspecified atom stereocenters. The van der Waals surface area contributed by atoms with Crippen LogP contribution in [0, 0.1) is 6.92 Å². The standard InChI is InChI=1S/C13H20N2O3/c1-8-10(12(17)18-5)6-7-11(14-8)15-13(3,4)9(2)16/h6-7,9,16H,1-5H3,(H,14,15). The number of rotatable bonds is 4. The number of esters is 1. The minimum Gasteiger partial charge on any atom is -0.465 e. The van der Waals surface area contributed by atoms with E-state index in [9.17, 15) is 9.90 Å². The van der Waals surface area contributed by atoms with Crippen LogP contribution in [-0.2, 0) is 4.74 Å². The predicted octanol–water partition coefficient (Wildman–Crippen LogP) is 1.75. The average molecular weight is 252 g/mol. The van der Waals surface area contributed by atoms with Gasteiger partial charge < -0.3 is 15.2 Å². The minimum absolute atomic E-state index is 0.402. The summed E-state index contributed by atoms with van der Waals surface area (Å²) in [5.41, 5.74) is 0.540. The third-order valence-corrected chi connectivity index (χ3v) is 2.99. The first-order chi connectivity index (χ1) is 8.27. The van der Waals surface area contributed by atoms with E-state index in [0.717, 1.165) is 0 Å². The SMILES string of the molecule is COC(=O)c1ccc(NC(C)(C)C(C)O)nc1C. The van der Waals surface area contributed by atoms with Crippen LogP contribution in [0.2, 0.25) is 0 Å². The van der Waals surface area contributed by atoms with Gasteiger partial charge in [0.15, 0.2) is 0 Å². The highest BCUT2D eigenvalue weighted by Crippen LogP contribution is 2.18. The van der Waals surface area contributed by atoms with Gasteiger partial charge in [-0.1, -0.05) is 0 Å². The highest BCUT2D eigenvalue weighted by atomic mass is 16.5.